The lowest BCUT2D eigenvalue weighted by molar-refractivity contribution is -0.485. The van der Waals surface area contributed by atoms with E-state index < -0.39 is 0 Å². The van der Waals surface area contributed by atoms with Crippen LogP contribution in [0.2, 0.25) is 0 Å². The maximum atomic E-state index is 5.12. The average molecular weight is 232 g/mol. The lowest BCUT2D eigenvalue weighted by Gasteiger charge is -2.08. The summed E-state index contributed by atoms with van der Waals surface area (Å²) in [6.45, 7) is 0.454. The number of hydrogen-bond acceptors (Lipinski definition) is 2. The van der Waals surface area contributed by atoms with E-state index in [4.69, 9.17) is 20.9 Å². The number of nitrogens with two attached hydrogens (primary N) is 2. The zero-order chi connectivity index (χ0) is 7.98. The van der Waals surface area contributed by atoms with Crippen molar-refractivity contribution in [2.75, 3.05) is 20.8 Å². The van der Waals surface area contributed by atoms with E-state index in [2.05, 4.69) is 4.99 Å². The van der Waals surface area contributed by atoms with Crippen molar-refractivity contribution in [2.45, 2.75) is 6.29 Å². The first-order valence-corrected chi connectivity index (χ1v) is 2.88. The molecule has 0 radical (unpaired) electrons. The Bertz CT molecular complexity index is 112. The standard InChI is InChI=1S/C5H13N3O2.BrH/c1-9-4(10-2)3-8-5(6)7;/h4H,3H2,1-2H3,(H4,6,7,8);1H/i5+1,6+1,7+1,8+1;. The van der Waals surface area contributed by atoms with Gasteiger partial charge in [-0.15, -0.1) is 0 Å². The van der Waals surface area contributed by atoms with Crippen LogP contribution in [0, 0.1) is 0 Å². The Balaban J connectivity index is 0. The van der Waals surface area contributed by atoms with Crippen LogP contribution in [0.5, 0.6) is 0 Å². The zero-order valence-corrected chi connectivity index (χ0v) is 8.22. The molecule has 5 nitrogen and oxygen atoms in total. The van der Waals surface area contributed by atoms with Gasteiger partial charge in [0.05, 0.1) is 0 Å². The molecule has 0 fully saturated rings. The van der Waals surface area contributed by atoms with E-state index in [1.54, 1.807) is 14.2 Å². The van der Waals surface area contributed by atoms with Crippen molar-refractivity contribution < 1.29 is 31.4 Å². The number of ether oxygens (including phenoxy) is 2. The number of hydrogen-bond donors (Lipinski definition) is 3. The third kappa shape index (κ3) is 7.57. The van der Waals surface area contributed by atoms with Crippen LogP contribution in [-0.2, 0) is 9.47 Å². The first-order chi connectivity index (χ1) is 4.70. The molecule has 0 saturated heterocycles. The molecule has 0 aromatic rings. The Labute approximate surface area is 76.5 Å². The van der Waals surface area contributed by atoms with Crippen molar-refractivity contribution in [1.29, 1.82) is 0 Å². The molecule has 5 N–H and O–H groups in total. The molecule has 11 heavy (non-hydrogen) atoms. The van der Waals surface area contributed by atoms with Crippen LogP contribution in [0.3, 0.4) is 0 Å². The highest BCUT2D eigenvalue weighted by molar-refractivity contribution is 5.69. The van der Waals surface area contributed by atoms with Gasteiger partial charge in [0.25, 0.3) is 0 Å². The lowest BCUT2D eigenvalue weighted by atomic mass is 10.7. The van der Waals surface area contributed by atoms with Gasteiger partial charge in [-0.1, -0.05) is 0 Å². The molecule has 6 heteroatoms. The maximum Gasteiger partial charge on any atom is 0.338 e. The van der Waals surface area contributed by atoms with Crippen molar-refractivity contribution in [3.05, 3.63) is 0 Å². The molecule has 0 rings (SSSR count). The molecule has 0 unspecified atom stereocenters. The van der Waals surface area contributed by atoms with E-state index in [9.17, 15) is 0 Å². The second-order valence-electron chi connectivity index (χ2n) is 1.74. The van der Waals surface area contributed by atoms with Crippen molar-refractivity contribution in [1.82, 2.24) is 0 Å². The molecule has 0 atom stereocenters. The number of methoxy groups -OCH3 is 2. The SMILES string of the molecule is COC(C[15NH+]=[13C]([15NH2])[15NH2])OC.[Br-]. The predicted molar refractivity (Wildman–Crippen MR) is 37.0 cm³/mol. The van der Waals surface area contributed by atoms with Crippen LogP contribution in [0.15, 0.2) is 0 Å². The van der Waals surface area contributed by atoms with Gasteiger partial charge < -0.3 is 26.5 Å². The van der Waals surface area contributed by atoms with Crippen LogP contribution in [0.1, 0.15) is 0 Å². The van der Waals surface area contributed by atoms with E-state index in [-0.39, 0.29) is 29.2 Å². The van der Waals surface area contributed by atoms with Crippen molar-refractivity contribution in [3.8, 4) is 0 Å². The second-order valence-corrected chi connectivity index (χ2v) is 1.74. The maximum absolute atomic E-state index is 5.12. The fraction of sp³-hybridized carbons (Fsp3) is 0.800. The molecule has 0 aromatic heterocycles. The van der Waals surface area contributed by atoms with Gasteiger partial charge in [0.1, 0.15) is 6.54 Å². The molecular formula is C5H14BrN3O2. The lowest BCUT2D eigenvalue weighted by Crippen LogP contribution is -3.00. The monoisotopic (exact) mass is 231 g/mol. The minimum absolute atomic E-state index is 0. The Kier molecular flexibility index (Phi) is 9.38. The molecule has 0 heterocycles. The van der Waals surface area contributed by atoms with Crippen LogP contribution in [0.4, 0.5) is 0 Å². The summed E-state index contributed by atoms with van der Waals surface area (Å²) < 4.78 is 9.68. The van der Waals surface area contributed by atoms with Gasteiger partial charge in [-0.25, -0.2) is 0 Å². The molecule has 0 amide bonds. The molecular weight excluding hydrogens is 218 g/mol. The first-order valence-electron chi connectivity index (χ1n) is 2.88. The minimum Gasteiger partial charge on any atom is -1.00 e. The Morgan fingerprint density at radius 1 is 1.36 bits per heavy atom. The third-order valence-electron chi connectivity index (χ3n) is 0.999. The van der Waals surface area contributed by atoms with Gasteiger partial charge >= 0.3 is 5.96 Å². The molecule has 0 aromatic carbocycles. The first kappa shape index (κ1) is 13.3. The fourth-order valence-corrected chi connectivity index (χ4v) is 0.464. The van der Waals surface area contributed by atoms with Gasteiger partial charge in [0, 0.05) is 14.2 Å². The molecule has 0 aliphatic heterocycles. The molecule has 0 aliphatic carbocycles. The highest BCUT2D eigenvalue weighted by atomic mass is 79.9. The topological polar surface area (TPSA) is 84.5 Å². The summed E-state index contributed by atoms with van der Waals surface area (Å²) in [7, 11) is 3.09. The average Bonchev–Trinajstić information content (AvgIpc) is 1.90. The van der Waals surface area contributed by atoms with E-state index in [1.807, 2.05) is 0 Å². The smallest absolute Gasteiger partial charge is 0.338 e. The summed E-state index contributed by atoms with van der Waals surface area (Å²) in [6, 6.07) is 0. The quantitative estimate of drug-likeness (QED) is 0.148. The summed E-state index contributed by atoms with van der Waals surface area (Å²) in [5.74, 6) is 0.166. The minimum atomic E-state index is -0.304. The molecule has 0 aliphatic rings. The summed E-state index contributed by atoms with van der Waals surface area (Å²) >= 11 is 0. The molecule has 0 bridgehead atoms. The van der Waals surface area contributed by atoms with Crippen molar-refractivity contribution in [2.24, 2.45) is 11.5 Å². The van der Waals surface area contributed by atoms with Crippen LogP contribution in [0.25, 0.3) is 0 Å². The second kappa shape index (κ2) is 7.77. The number of rotatable bonds is 4. The van der Waals surface area contributed by atoms with E-state index >= 15 is 0 Å². The summed E-state index contributed by atoms with van der Waals surface area (Å²) in [5, 5.41) is 0. The zero-order valence-electron chi connectivity index (χ0n) is 6.63. The molecule has 68 valence electrons. The third-order valence-corrected chi connectivity index (χ3v) is 0.999. The van der Waals surface area contributed by atoms with E-state index in [0.717, 1.165) is 0 Å². The predicted octanol–water partition coefficient (Wildman–Crippen LogP) is -6.04. The highest BCUT2D eigenvalue weighted by Crippen LogP contribution is 1.82. The van der Waals surface area contributed by atoms with Gasteiger partial charge in [0.2, 0.25) is 0 Å². The van der Waals surface area contributed by atoms with Crippen LogP contribution >= 0.6 is 0 Å². The molecule has 0 saturated carbocycles. The number of halogens is 1. The Morgan fingerprint density at radius 2 is 1.82 bits per heavy atom. The van der Waals surface area contributed by atoms with Crippen LogP contribution < -0.4 is 33.4 Å². The number of nitrogens with one attached hydrogen (secondary N) is 1. The van der Waals surface area contributed by atoms with E-state index in [1.165, 1.54) is 0 Å². The normalized spacial score (nSPS) is 9.00. The summed E-state index contributed by atoms with van der Waals surface area (Å²) in [4.78, 5) is 2.67. The highest BCUT2D eigenvalue weighted by Gasteiger charge is 2.02. The number of guanidine groups is 1. The van der Waals surface area contributed by atoms with Gasteiger partial charge in [-0.3, -0.25) is 16.5 Å². The van der Waals surface area contributed by atoms with Crippen molar-refractivity contribution in [3.63, 3.8) is 0 Å². The Morgan fingerprint density at radius 3 is 2.09 bits per heavy atom. The summed E-state index contributed by atoms with van der Waals surface area (Å²) in [6.07, 6.45) is -0.304. The van der Waals surface area contributed by atoms with Gasteiger partial charge in [0.15, 0.2) is 6.29 Å². The Hall–Kier alpha value is -0.330. The van der Waals surface area contributed by atoms with Crippen molar-refractivity contribution >= 4 is 5.96 Å². The van der Waals surface area contributed by atoms with Gasteiger partial charge in [-0.05, 0) is 0 Å². The molecule has 0 spiro atoms. The largest absolute Gasteiger partial charge is 1.00 e. The van der Waals surface area contributed by atoms with Gasteiger partial charge in [-0.2, -0.15) is 0 Å². The van der Waals surface area contributed by atoms with E-state index in [0.29, 0.717) is 6.54 Å². The van der Waals surface area contributed by atoms with Crippen LogP contribution in [-0.4, -0.2) is 33.0 Å². The fourth-order valence-electron chi connectivity index (χ4n) is 0.464. The summed E-state index contributed by atoms with van der Waals surface area (Å²) in [5.41, 5.74) is 10.2.